The van der Waals surface area contributed by atoms with E-state index < -0.39 is 14.6 Å². The Morgan fingerprint density at radius 3 is 2.68 bits per heavy atom. The van der Waals surface area contributed by atoms with Crippen LogP contribution in [0.2, 0.25) is 5.02 Å². The van der Waals surface area contributed by atoms with Gasteiger partial charge in [0, 0.05) is 25.7 Å². The van der Waals surface area contributed by atoms with Gasteiger partial charge in [0.15, 0.2) is 15.8 Å². The third-order valence-corrected chi connectivity index (χ3v) is 7.77. The molecule has 2 rings (SSSR count). The number of nitrogens with one attached hydrogen (secondary N) is 2. The number of hydrogen-bond acceptors (Lipinski definition) is 4. The zero-order valence-corrected chi connectivity index (χ0v) is 18.9. The lowest BCUT2D eigenvalue weighted by Crippen LogP contribution is -2.51. The van der Waals surface area contributed by atoms with Gasteiger partial charge in [-0.05, 0) is 52.7 Å². The highest BCUT2D eigenvalue weighted by molar-refractivity contribution is 7.92. The van der Waals surface area contributed by atoms with E-state index in [0.717, 1.165) is 43.2 Å². The van der Waals surface area contributed by atoms with Gasteiger partial charge < -0.3 is 15.5 Å². The van der Waals surface area contributed by atoms with Gasteiger partial charge in [-0.3, -0.25) is 4.99 Å². The topological polar surface area (TPSA) is 73.8 Å². The summed E-state index contributed by atoms with van der Waals surface area (Å²) in [5.74, 6) is 0.710. The molecule has 28 heavy (non-hydrogen) atoms. The molecule has 1 aliphatic heterocycles. The van der Waals surface area contributed by atoms with Crippen LogP contribution in [0.5, 0.6) is 0 Å². The van der Waals surface area contributed by atoms with E-state index in [9.17, 15) is 8.42 Å². The summed E-state index contributed by atoms with van der Waals surface area (Å²) in [6, 6.07) is 8.12. The highest BCUT2D eigenvalue weighted by Gasteiger charge is 2.28. The Morgan fingerprint density at radius 1 is 1.32 bits per heavy atom. The van der Waals surface area contributed by atoms with Crippen LogP contribution in [0.15, 0.2) is 29.3 Å². The Balaban J connectivity index is 2.00. The first-order chi connectivity index (χ1) is 13.1. The molecule has 1 heterocycles. The first-order valence-electron chi connectivity index (χ1n) is 9.90. The quantitative estimate of drug-likeness (QED) is 0.538. The highest BCUT2D eigenvalue weighted by atomic mass is 35.5. The van der Waals surface area contributed by atoms with Crippen LogP contribution in [0.3, 0.4) is 0 Å². The second-order valence-electron chi connectivity index (χ2n) is 8.07. The Kier molecular flexibility index (Phi) is 8.01. The molecular weight excluding hydrogens is 396 g/mol. The van der Waals surface area contributed by atoms with E-state index in [1.165, 1.54) is 0 Å². The van der Waals surface area contributed by atoms with Crippen LogP contribution in [0.1, 0.15) is 40.5 Å². The number of rotatable bonds is 6. The zero-order valence-electron chi connectivity index (χ0n) is 17.3. The number of sulfone groups is 1. The maximum Gasteiger partial charge on any atom is 0.191 e. The van der Waals surface area contributed by atoms with E-state index in [1.54, 1.807) is 20.8 Å². The molecular formula is C20H33ClN4O2S. The smallest absolute Gasteiger partial charge is 0.191 e. The lowest BCUT2D eigenvalue weighted by molar-refractivity contribution is 0.468. The average molecular weight is 429 g/mol. The van der Waals surface area contributed by atoms with Crippen LogP contribution in [-0.4, -0.2) is 57.1 Å². The molecule has 1 aromatic rings. The molecule has 6 nitrogen and oxygen atoms in total. The van der Waals surface area contributed by atoms with Gasteiger partial charge in [-0.1, -0.05) is 23.7 Å². The number of guanidine groups is 1. The molecule has 0 aliphatic carbocycles. The minimum absolute atomic E-state index is 0.0451. The van der Waals surface area contributed by atoms with Gasteiger partial charge in [0.05, 0.1) is 27.8 Å². The predicted molar refractivity (Wildman–Crippen MR) is 119 cm³/mol. The van der Waals surface area contributed by atoms with Crippen molar-refractivity contribution < 1.29 is 8.42 Å². The Labute approximate surface area is 174 Å². The minimum atomic E-state index is -3.18. The van der Waals surface area contributed by atoms with Crippen LogP contribution >= 0.6 is 11.6 Å². The van der Waals surface area contributed by atoms with Gasteiger partial charge in [0.2, 0.25) is 0 Å². The third kappa shape index (κ3) is 6.27. The van der Waals surface area contributed by atoms with Crippen LogP contribution in [0.4, 0.5) is 5.69 Å². The summed E-state index contributed by atoms with van der Waals surface area (Å²) in [6.07, 6.45) is 2.09. The van der Waals surface area contributed by atoms with Crippen LogP contribution < -0.4 is 15.5 Å². The van der Waals surface area contributed by atoms with E-state index in [2.05, 4.69) is 20.5 Å². The van der Waals surface area contributed by atoms with Gasteiger partial charge in [-0.2, -0.15) is 0 Å². The van der Waals surface area contributed by atoms with Crippen molar-refractivity contribution >= 4 is 33.1 Å². The van der Waals surface area contributed by atoms with Gasteiger partial charge in [-0.25, -0.2) is 8.42 Å². The molecule has 0 aromatic heterocycles. The van der Waals surface area contributed by atoms with Crippen molar-refractivity contribution in [2.75, 3.05) is 36.8 Å². The molecule has 1 aliphatic rings. The normalized spacial score (nSPS) is 18.8. The molecule has 1 fully saturated rings. The summed E-state index contributed by atoms with van der Waals surface area (Å²) in [4.78, 5) is 6.78. The summed E-state index contributed by atoms with van der Waals surface area (Å²) in [5, 5.41) is 7.44. The first kappa shape index (κ1) is 22.8. The molecule has 8 heteroatoms. The number of para-hydroxylation sites is 1. The highest BCUT2D eigenvalue weighted by Crippen LogP contribution is 2.27. The van der Waals surface area contributed by atoms with Crippen molar-refractivity contribution in [3.05, 3.63) is 29.3 Å². The lowest BCUT2D eigenvalue weighted by atomic mass is 10.0. The molecule has 1 unspecified atom stereocenters. The standard InChI is InChI=1S/C20H33ClN4O2S/c1-5-22-19(23-12-14-28(26,27)20(2,3)4)24-16-9-8-13-25(15-16)18-11-7-6-10-17(18)21/h6-7,10-11,16H,5,8-9,12-15H2,1-4H3,(H2,22,23,24). The second kappa shape index (κ2) is 9.83. The second-order valence-corrected chi connectivity index (χ2v) is 11.3. The lowest BCUT2D eigenvalue weighted by Gasteiger charge is -2.35. The van der Waals surface area contributed by atoms with Crippen molar-refractivity contribution in [1.82, 2.24) is 10.6 Å². The van der Waals surface area contributed by atoms with Crippen LogP contribution in [-0.2, 0) is 9.84 Å². The van der Waals surface area contributed by atoms with E-state index in [1.807, 2.05) is 31.2 Å². The molecule has 0 amide bonds. The van der Waals surface area contributed by atoms with Crippen molar-refractivity contribution in [3.8, 4) is 0 Å². The number of benzene rings is 1. The third-order valence-electron chi connectivity index (χ3n) is 4.86. The number of piperidine rings is 1. The molecule has 0 radical (unpaired) electrons. The molecule has 2 N–H and O–H groups in total. The maximum absolute atomic E-state index is 12.3. The fourth-order valence-electron chi connectivity index (χ4n) is 3.12. The fourth-order valence-corrected chi connectivity index (χ4v) is 4.32. The molecule has 158 valence electrons. The molecule has 0 bridgehead atoms. The zero-order chi connectivity index (χ0) is 20.8. The summed E-state index contributed by atoms with van der Waals surface area (Å²) in [6.45, 7) is 9.94. The Hall–Kier alpha value is -1.47. The summed E-state index contributed by atoms with van der Waals surface area (Å²) in [7, 11) is -3.18. The van der Waals surface area contributed by atoms with Crippen LogP contribution in [0, 0.1) is 0 Å². The van der Waals surface area contributed by atoms with Crippen molar-refractivity contribution in [3.63, 3.8) is 0 Å². The van der Waals surface area contributed by atoms with Crippen molar-refractivity contribution in [2.45, 2.75) is 51.3 Å². The molecule has 0 saturated carbocycles. The molecule has 1 saturated heterocycles. The SMILES string of the molecule is CCNC(=NCCS(=O)(=O)C(C)(C)C)NC1CCCN(c2ccccc2Cl)C1. The largest absolute Gasteiger partial charge is 0.368 e. The van der Waals surface area contributed by atoms with Gasteiger partial charge >= 0.3 is 0 Å². The van der Waals surface area contributed by atoms with E-state index in [4.69, 9.17) is 11.6 Å². The van der Waals surface area contributed by atoms with Crippen LogP contribution in [0.25, 0.3) is 0 Å². The van der Waals surface area contributed by atoms with E-state index in [0.29, 0.717) is 5.96 Å². The van der Waals surface area contributed by atoms with Gasteiger partial charge in [0.25, 0.3) is 0 Å². The molecule has 1 aromatic carbocycles. The monoisotopic (exact) mass is 428 g/mol. The average Bonchev–Trinajstić information content (AvgIpc) is 2.61. The van der Waals surface area contributed by atoms with E-state index in [-0.39, 0.29) is 18.3 Å². The maximum atomic E-state index is 12.3. The Morgan fingerprint density at radius 2 is 2.04 bits per heavy atom. The summed E-state index contributed by atoms with van der Waals surface area (Å²) in [5.41, 5.74) is 1.05. The van der Waals surface area contributed by atoms with Crippen molar-refractivity contribution in [1.29, 1.82) is 0 Å². The number of anilines is 1. The van der Waals surface area contributed by atoms with E-state index >= 15 is 0 Å². The Bertz CT molecular complexity index is 775. The van der Waals surface area contributed by atoms with Crippen molar-refractivity contribution in [2.24, 2.45) is 4.99 Å². The molecule has 0 spiro atoms. The van der Waals surface area contributed by atoms with Gasteiger partial charge in [-0.15, -0.1) is 0 Å². The van der Waals surface area contributed by atoms with Gasteiger partial charge in [0.1, 0.15) is 0 Å². The minimum Gasteiger partial charge on any atom is -0.368 e. The first-order valence-corrected chi connectivity index (χ1v) is 11.9. The summed E-state index contributed by atoms with van der Waals surface area (Å²) < 4.78 is 23.8. The molecule has 1 atom stereocenters. The number of nitrogens with zero attached hydrogens (tertiary/aromatic N) is 2. The summed E-state index contributed by atoms with van der Waals surface area (Å²) >= 11 is 6.35. The number of halogens is 1. The number of aliphatic imine (C=N–C) groups is 1. The predicted octanol–water partition coefficient (Wildman–Crippen LogP) is 3.08. The number of hydrogen-bond donors (Lipinski definition) is 2. The fraction of sp³-hybridized carbons (Fsp3) is 0.650.